The van der Waals surface area contributed by atoms with Gasteiger partial charge in [-0.2, -0.15) is 10.2 Å². The van der Waals surface area contributed by atoms with Crippen LogP contribution >= 0.6 is 0 Å². The molecule has 4 heteroatoms. The molecule has 0 atom stereocenters. The minimum atomic E-state index is -0.273. The number of aryl methyl sites for hydroxylation is 1. The number of rotatable bonds is 1. The second kappa shape index (κ2) is 4.39. The molecular formula is C15H12FN3. The zero-order chi connectivity index (χ0) is 13.4. The van der Waals surface area contributed by atoms with E-state index in [1.807, 2.05) is 13.8 Å². The van der Waals surface area contributed by atoms with Crippen LogP contribution in [0.15, 0.2) is 36.7 Å². The first-order chi connectivity index (χ1) is 9.18. The van der Waals surface area contributed by atoms with Crippen LogP contribution in [0.1, 0.15) is 11.1 Å². The average molecular weight is 253 g/mol. The summed E-state index contributed by atoms with van der Waals surface area (Å²) in [7, 11) is 0. The number of aromatic nitrogens is 3. The fourth-order valence-corrected chi connectivity index (χ4v) is 2.12. The van der Waals surface area contributed by atoms with Crippen molar-refractivity contribution in [3.63, 3.8) is 0 Å². The van der Waals surface area contributed by atoms with Crippen LogP contribution < -0.4 is 0 Å². The van der Waals surface area contributed by atoms with Crippen LogP contribution in [0.5, 0.6) is 0 Å². The Labute approximate surface area is 110 Å². The Morgan fingerprint density at radius 3 is 2.79 bits per heavy atom. The lowest BCUT2D eigenvalue weighted by atomic mass is 10.0. The molecule has 0 saturated heterocycles. The molecule has 0 aliphatic rings. The smallest absolute Gasteiger partial charge is 0.132 e. The Bertz CT molecular complexity index is 768. The number of hydrogen-bond acceptors (Lipinski definition) is 3. The molecule has 0 radical (unpaired) electrons. The summed E-state index contributed by atoms with van der Waals surface area (Å²) in [5.41, 5.74) is 4.27. The molecule has 94 valence electrons. The van der Waals surface area contributed by atoms with Crippen LogP contribution in [0.4, 0.5) is 4.39 Å². The number of nitrogens with zero attached hydrogens (tertiary/aromatic N) is 3. The fraction of sp³-hybridized carbons (Fsp3) is 0.133. The van der Waals surface area contributed by atoms with Gasteiger partial charge < -0.3 is 0 Å². The summed E-state index contributed by atoms with van der Waals surface area (Å²) in [6, 6.07) is 6.60. The molecule has 0 bridgehead atoms. The van der Waals surface area contributed by atoms with E-state index in [9.17, 15) is 4.39 Å². The summed E-state index contributed by atoms with van der Waals surface area (Å²) >= 11 is 0. The van der Waals surface area contributed by atoms with Crippen molar-refractivity contribution in [3.05, 3.63) is 53.6 Å². The molecule has 0 unspecified atom stereocenters. The number of pyridine rings is 1. The summed E-state index contributed by atoms with van der Waals surface area (Å²) in [6.45, 7) is 3.96. The van der Waals surface area contributed by atoms with E-state index in [1.165, 1.54) is 6.07 Å². The van der Waals surface area contributed by atoms with Crippen molar-refractivity contribution in [2.45, 2.75) is 13.8 Å². The van der Waals surface area contributed by atoms with E-state index in [0.717, 1.165) is 22.4 Å². The maximum atomic E-state index is 13.8. The van der Waals surface area contributed by atoms with E-state index in [2.05, 4.69) is 15.2 Å². The first-order valence-electron chi connectivity index (χ1n) is 6.01. The molecule has 0 aliphatic heterocycles. The molecule has 0 N–H and O–H groups in total. The Morgan fingerprint density at radius 2 is 1.95 bits per heavy atom. The molecule has 0 aliphatic carbocycles. The standard InChI is InChI=1S/C15H12FN3/c1-9-8-18-19-14(10(9)2)12-5-6-13(16)11-4-3-7-17-15(11)12/h3-8H,1-2H3. The normalized spacial score (nSPS) is 10.9. The first-order valence-corrected chi connectivity index (χ1v) is 6.01. The van der Waals surface area contributed by atoms with Crippen molar-refractivity contribution < 1.29 is 4.39 Å². The van der Waals surface area contributed by atoms with Gasteiger partial charge >= 0.3 is 0 Å². The lowest BCUT2D eigenvalue weighted by Crippen LogP contribution is -1.96. The van der Waals surface area contributed by atoms with Gasteiger partial charge in [-0.1, -0.05) is 0 Å². The lowest BCUT2D eigenvalue weighted by Gasteiger charge is -2.09. The summed E-state index contributed by atoms with van der Waals surface area (Å²) < 4.78 is 13.8. The van der Waals surface area contributed by atoms with Crippen LogP contribution in [-0.2, 0) is 0 Å². The largest absolute Gasteiger partial charge is 0.255 e. The molecular weight excluding hydrogens is 241 g/mol. The topological polar surface area (TPSA) is 38.7 Å². The van der Waals surface area contributed by atoms with E-state index in [1.54, 1.807) is 30.6 Å². The third-order valence-electron chi connectivity index (χ3n) is 3.33. The van der Waals surface area contributed by atoms with Crippen LogP contribution in [0.2, 0.25) is 0 Å². The lowest BCUT2D eigenvalue weighted by molar-refractivity contribution is 0.639. The Morgan fingerprint density at radius 1 is 1.11 bits per heavy atom. The number of benzene rings is 1. The van der Waals surface area contributed by atoms with E-state index in [0.29, 0.717) is 10.9 Å². The van der Waals surface area contributed by atoms with Gasteiger partial charge in [0.05, 0.1) is 17.4 Å². The monoisotopic (exact) mass is 253 g/mol. The fourth-order valence-electron chi connectivity index (χ4n) is 2.12. The summed E-state index contributed by atoms with van der Waals surface area (Å²) in [5, 5.41) is 8.66. The first kappa shape index (κ1) is 11.7. The molecule has 2 heterocycles. The molecule has 19 heavy (non-hydrogen) atoms. The predicted molar refractivity (Wildman–Crippen MR) is 72.2 cm³/mol. The van der Waals surface area contributed by atoms with Crippen molar-refractivity contribution in [3.8, 4) is 11.3 Å². The van der Waals surface area contributed by atoms with Gasteiger partial charge in [0.25, 0.3) is 0 Å². The van der Waals surface area contributed by atoms with Crippen molar-refractivity contribution >= 4 is 10.9 Å². The molecule has 3 aromatic rings. The molecule has 0 amide bonds. The van der Waals surface area contributed by atoms with E-state index < -0.39 is 0 Å². The quantitative estimate of drug-likeness (QED) is 0.666. The molecule has 1 aromatic carbocycles. The summed E-state index contributed by atoms with van der Waals surface area (Å²) in [5.74, 6) is -0.273. The number of hydrogen-bond donors (Lipinski definition) is 0. The van der Waals surface area contributed by atoms with Crippen molar-refractivity contribution in [1.29, 1.82) is 0 Å². The minimum absolute atomic E-state index is 0.273. The summed E-state index contributed by atoms with van der Waals surface area (Å²) in [4.78, 5) is 4.28. The highest BCUT2D eigenvalue weighted by Gasteiger charge is 2.13. The Balaban J connectivity index is 2.38. The predicted octanol–water partition coefficient (Wildman–Crippen LogP) is 3.45. The van der Waals surface area contributed by atoms with Crippen LogP contribution in [-0.4, -0.2) is 15.2 Å². The van der Waals surface area contributed by atoms with Gasteiger partial charge in [0.2, 0.25) is 0 Å². The molecule has 3 nitrogen and oxygen atoms in total. The SMILES string of the molecule is Cc1cnnc(-c2ccc(F)c3cccnc23)c1C. The van der Waals surface area contributed by atoms with E-state index >= 15 is 0 Å². The highest BCUT2D eigenvalue weighted by atomic mass is 19.1. The van der Waals surface area contributed by atoms with Gasteiger partial charge in [-0.15, -0.1) is 0 Å². The Kier molecular flexibility index (Phi) is 2.71. The maximum absolute atomic E-state index is 13.8. The van der Waals surface area contributed by atoms with Gasteiger partial charge in [0.1, 0.15) is 5.82 Å². The molecule has 2 aromatic heterocycles. The third-order valence-corrected chi connectivity index (χ3v) is 3.33. The summed E-state index contributed by atoms with van der Waals surface area (Å²) in [6.07, 6.45) is 3.38. The zero-order valence-electron chi connectivity index (χ0n) is 10.7. The molecule has 0 spiro atoms. The van der Waals surface area contributed by atoms with Crippen molar-refractivity contribution in [2.24, 2.45) is 0 Å². The zero-order valence-corrected chi connectivity index (χ0v) is 10.7. The van der Waals surface area contributed by atoms with Crippen LogP contribution in [0.3, 0.4) is 0 Å². The van der Waals surface area contributed by atoms with Gasteiger partial charge in [0, 0.05) is 17.1 Å². The molecule has 3 rings (SSSR count). The minimum Gasteiger partial charge on any atom is -0.255 e. The van der Waals surface area contributed by atoms with Crippen molar-refractivity contribution in [1.82, 2.24) is 15.2 Å². The highest BCUT2D eigenvalue weighted by molar-refractivity contribution is 5.93. The number of fused-ring (bicyclic) bond motifs is 1. The van der Waals surface area contributed by atoms with Crippen molar-refractivity contribution in [2.75, 3.05) is 0 Å². The Hall–Kier alpha value is -2.36. The average Bonchev–Trinajstić information content (AvgIpc) is 2.43. The van der Waals surface area contributed by atoms with Crippen LogP contribution in [0.25, 0.3) is 22.2 Å². The third kappa shape index (κ3) is 1.85. The second-order valence-corrected chi connectivity index (χ2v) is 4.50. The van der Waals surface area contributed by atoms with Gasteiger partial charge in [-0.05, 0) is 49.2 Å². The van der Waals surface area contributed by atoms with Gasteiger partial charge in [-0.3, -0.25) is 4.98 Å². The van der Waals surface area contributed by atoms with Gasteiger partial charge in [-0.25, -0.2) is 4.39 Å². The van der Waals surface area contributed by atoms with E-state index in [4.69, 9.17) is 0 Å². The number of halogens is 1. The van der Waals surface area contributed by atoms with Crippen LogP contribution in [0, 0.1) is 19.7 Å². The molecule has 0 fully saturated rings. The molecule has 0 saturated carbocycles. The van der Waals surface area contributed by atoms with Gasteiger partial charge in [0.15, 0.2) is 0 Å². The second-order valence-electron chi connectivity index (χ2n) is 4.50. The highest BCUT2D eigenvalue weighted by Crippen LogP contribution is 2.29. The van der Waals surface area contributed by atoms with E-state index in [-0.39, 0.29) is 5.82 Å². The maximum Gasteiger partial charge on any atom is 0.132 e.